The highest BCUT2D eigenvalue weighted by atomic mass is 16.4. The average Bonchev–Trinajstić information content (AvgIpc) is 3.02. The van der Waals surface area contributed by atoms with Crippen LogP contribution in [-0.4, -0.2) is 34.4 Å². The zero-order chi connectivity index (χ0) is 12.3. The quantitative estimate of drug-likeness (QED) is 0.346. The van der Waals surface area contributed by atoms with Gasteiger partial charge in [-0.1, -0.05) is 5.16 Å². The van der Waals surface area contributed by atoms with E-state index in [1.807, 2.05) is 0 Å². The number of furan rings is 1. The van der Waals surface area contributed by atoms with E-state index in [9.17, 15) is 4.79 Å². The van der Waals surface area contributed by atoms with Crippen molar-refractivity contribution >= 4 is 11.7 Å². The van der Waals surface area contributed by atoms with Crippen molar-refractivity contribution in [3.8, 4) is 0 Å². The molecule has 1 aromatic heterocycles. The first-order valence-electron chi connectivity index (χ1n) is 5.52. The minimum Gasteiger partial charge on any atom is -0.472 e. The highest BCUT2D eigenvalue weighted by Gasteiger charge is 2.33. The lowest BCUT2D eigenvalue weighted by Crippen LogP contribution is -2.35. The lowest BCUT2D eigenvalue weighted by atomic mass is 10.2. The highest BCUT2D eigenvalue weighted by molar-refractivity contribution is 5.94. The number of carbonyl (C=O) groups excluding carboxylic acids is 1. The fourth-order valence-electron chi connectivity index (χ4n) is 1.67. The first-order chi connectivity index (χ1) is 8.22. The van der Waals surface area contributed by atoms with Gasteiger partial charge >= 0.3 is 0 Å². The standard InChI is InChI=1S/C11H15N3O3/c12-10(13-16)3-5-14(9-1-2-9)11(15)8-4-6-17-7-8/h4,6-7,9,16H,1-3,5H2,(H2,12,13). The van der Waals surface area contributed by atoms with Crippen LogP contribution in [0.2, 0.25) is 0 Å². The molecule has 1 amide bonds. The van der Waals surface area contributed by atoms with Crippen molar-refractivity contribution in [3.63, 3.8) is 0 Å². The van der Waals surface area contributed by atoms with E-state index in [1.165, 1.54) is 12.5 Å². The molecule has 3 N–H and O–H groups in total. The molecule has 0 radical (unpaired) electrons. The predicted octanol–water partition coefficient (Wildman–Crippen LogP) is 1.02. The molecule has 92 valence electrons. The Kier molecular flexibility index (Phi) is 3.32. The van der Waals surface area contributed by atoms with Gasteiger partial charge in [-0.25, -0.2) is 0 Å². The molecule has 0 unspecified atom stereocenters. The lowest BCUT2D eigenvalue weighted by molar-refractivity contribution is 0.0746. The van der Waals surface area contributed by atoms with Gasteiger partial charge in [0, 0.05) is 19.0 Å². The molecular formula is C11H15N3O3. The van der Waals surface area contributed by atoms with Gasteiger partial charge < -0.3 is 20.3 Å². The first-order valence-corrected chi connectivity index (χ1v) is 5.52. The molecule has 1 heterocycles. The first kappa shape index (κ1) is 11.5. The molecule has 0 aliphatic heterocycles. The number of amides is 1. The van der Waals surface area contributed by atoms with Crippen LogP contribution in [0, 0.1) is 0 Å². The molecule has 6 nitrogen and oxygen atoms in total. The van der Waals surface area contributed by atoms with Gasteiger partial charge in [0.05, 0.1) is 11.8 Å². The van der Waals surface area contributed by atoms with Crippen LogP contribution < -0.4 is 5.73 Å². The SMILES string of the molecule is N/C(CCN(C(=O)c1ccoc1)C1CC1)=N/O. The average molecular weight is 237 g/mol. The van der Waals surface area contributed by atoms with E-state index in [0.29, 0.717) is 18.5 Å². The largest absolute Gasteiger partial charge is 0.472 e. The zero-order valence-electron chi connectivity index (χ0n) is 9.37. The van der Waals surface area contributed by atoms with Crippen LogP contribution in [0.3, 0.4) is 0 Å². The molecular weight excluding hydrogens is 222 g/mol. The number of carbonyl (C=O) groups is 1. The normalized spacial score (nSPS) is 15.9. The van der Waals surface area contributed by atoms with E-state index in [-0.39, 0.29) is 17.8 Å². The Morgan fingerprint density at radius 1 is 1.65 bits per heavy atom. The van der Waals surface area contributed by atoms with Gasteiger partial charge in [0.2, 0.25) is 0 Å². The maximum absolute atomic E-state index is 12.1. The number of rotatable bonds is 5. The van der Waals surface area contributed by atoms with Crippen molar-refractivity contribution in [2.24, 2.45) is 10.9 Å². The number of amidine groups is 1. The predicted molar refractivity (Wildman–Crippen MR) is 60.8 cm³/mol. The van der Waals surface area contributed by atoms with E-state index in [0.717, 1.165) is 12.8 Å². The van der Waals surface area contributed by atoms with Crippen LogP contribution >= 0.6 is 0 Å². The maximum Gasteiger partial charge on any atom is 0.257 e. The third-order valence-electron chi connectivity index (χ3n) is 2.75. The molecule has 1 saturated carbocycles. The van der Waals surface area contributed by atoms with Crippen molar-refractivity contribution in [2.45, 2.75) is 25.3 Å². The van der Waals surface area contributed by atoms with E-state index in [1.54, 1.807) is 11.0 Å². The minimum absolute atomic E-state index is 0.0630. The lowest BCUT2D eigenvalue weighted by Gasteiger charge is -2.21. The van der Waals surface area contributed by atoms with Gasteiger partial charge in [0.15, 0.2) is 0 Å². The summed E-state index contributed by atoms with van der Waals surface area (Å²) in [5, 5.41) is 11.4. The summed E-state index contributed by atoms with van der Waals surface area (Å²) in [6.07, 6.45) is 5.30. The molecule has 1 aliphatic carbocycles. The number of nitrogens with two attached hydrogens (primary N) is 1. The minimum atomic E-state index is -0.0630. The van der Waals surface area contributed by atoms with Crippen LogP contribution in [-0.2, 0) is 0 Å². The summed E-state index contributed by atoms with van der Waals surface area (Å²) in [5.41, 5.74) is 5.94. The Bertz CT molecular complexity index is 410. The molecule has 0 saturated heterocycles. The zero-order valence-corrected chi connectivity index (χ0v) is 9.37. The number of nitrogens with zero attached hydrogens (tertiary/aromatic N) is 2. The van der Waals surface area contributed by atoms with Crippen LogP contribution in [0.25, 0.3) is 0 Å². The van der Waals surface area contributed by atoms with Crippen LogP contribution in [0.15, 0.2) is 28.2 Å². The third kappa shape index (κ3) is 2.77. The van der Waals surface area contributed by atoms with Crippen LogP contribution in [0.4, 0.5) is 0 Å². The van der Waals surface area contributed by atoms with E-state index in [2.05, 4.69) is 5.16 Å². The number of hydrogen-bond donors (Lipinski definition) is 2. The number of oxime groups is 1. The Balaban J connectivity index is 2.00. The van der Waals surface area contributed by atoms with Gasteiger partial charge in [0.1, 0.15) is 12.1 Å². The van der Waals surface area contributed by atoms with Gasteiger partial charge in [-0.2, -0.15) is 0 Å². The second-order valence-corrected chi connectivity index (χ2v) is 4.08. The molecule has 1 aromatic rings. The maximum atomic E-state index is 12.1. The molecule has 1 aliphatic rings. The number of hydrogen-bond acceptors (Lipinski definition) is 4. The second kappa shape index (κ2) is 4.90. The van der Waals surface area contributed by atoms with E-state index >= 15 is 0 Å². The molecule has 6 heteroatoms. The monoisotopic (exact) mass is 237 g/mol. The van der Waals surface area contributed by atoms with Crippen molar-refractivity contribution in [1.29, 1.82) is 0 Å². The summed E-state index contributed by atoms with van der Waals surface area (Å²) in [4.78, 5) is 13.9. The molecule has 17 heavy (non-hydrogen) atoms. The Hall–Kier alpha value is -1.98. The summed E-state index contributed by atoms with van der Waals surface area (Å²) in [7, 11) is 0. The van der Waals surface area contributed by atoms with Gasteiger partial charge in [-0.05, 0) is 18.9 Å². The smallest absolute Gasteiger partial charge is 0.257 e. The van der Waals surface area contributed by atoms with Crippen molar-refractivity contribution in [1.82, 2.24) is 4.90 Å². The highest BCUT2D eigenvalue weighted by Crippen LogP contribution is 2.28. The van der Waals surface area contributed by atoms with Gasteiger partial charge in [-0.15, -0.1) is 0 Å². The fraction of sp³-hybridized carbons (Fsp3) is 0.455. The van der Waals surface area contributed by atoms with Gasteiger partial charge in [0.25, 0.3) is 5.91 Å². The summed E-state index contributed by atoms with van der Waals surface area (Å²) in [6, 6.07) is 1.92. The summed E-state index contributed by atoms with van der Waals surface area (Å²) >= 11 is 0. The molecule has 0 spiro atoms. The van der Waals surface area contributed by atoms with E-state index in [4.69, 9.17) is 15.4 Å². The molecule has 2 rings (SSSR count). The van der Waals surface area contributed by atoms with Gasteiger partial charge in [-0.3, -0.25) is 4.79 Å². The molecule has 0 aromatic carbocycles. The molecule has 0 atom stereocenters. The summed E-state index contributed by atoms with van der Waals surface area (Å²) in [5.74, 6) is 0.0719. The van der Waals surface area contributed by atoms with Crippen molar-refractivity contribution < 1.29 is 14.4 Å². The third-order valence-corrected chi connectivity index (χ3v) is 2.75. The van der Waals surface area contributed by atoms with Crippen molar-refractivity contribution in [3.05, 3.63) is 24.2 Å². The Labute approximate surface area is 98.7 Å². The van der Waals surface area contributed by atoms with E-state index < -0.39 is 0 Å². The van der Waals surface area contributed by atoms with Crippen LogP contribution in [0.1, 0.15) is 29.6 Å². The van der Waals surface area contributed by atoms with Crippen LogP contribution in [0.5, 0.6) is 0 Å². The fourth-order valence-corrected chi connectivity index (χ4v) is 1.67. The Morgan fingerprint density at radius 3 is 2.94 bits per heavy atom. The summed E-state index contributed by atoms with van der Waals surface area (Å²) in [6.45, 7) is 0.463. The second-order valence-electron chi connectivity index (χ2n) is 4.08. The molecule has 0 bridgehead atoms. The topological polar surface area (TPSA) is 92.1 Å². The summed E-state index contributed by atoms with van der Waals surface area (Å²) < 4.78 is 4.90. The Morgan fingerprint density at radius 2 is 2.41 bits per heavy atom. The molecule has 1 fully saturated rings. The van der Waals surface area contributed by atoms with Crippen molar-refractivity contribution in [2.75, 3.05) is 6.54 Å².